The Labute approximate surface area is 358 Å². The average molecular weight is 852 g/mol. The normalized spacial score (nSPS) is 12.9. The Morgan fingerprint density at radius 3 is 1.77 bits per heavy atom. The molecule has 0 saturated carbocycles. The van der Waals surface area contributed by atoms with Gasteiger partial charge in [0.25, 0.3) is 6.29 Å². The standard InChI is InChI=1S/C46H74O14/c1-12-44(6,7)37-31-35(4)42(50-28-27-49-25-22-20-18-16-15-17-19-21-23-47)39(32-37)36(5)40-33-38(45(8,9)13-2)34-41(46(10,11)14-3)43(40)51-29-30-53-55-57-59-60-58-56-54-52-26-24-48/h23,29-34,36,48H,12-22,24-28H2,1-11H3/p+1/b30-29+. The first-order valence-corrected chi connectivity index (χ1v) is 21.6. The molecule has 342 valence electrons. The molecule has 1 unspecified atom stereocenters. The summed E-state index contributed by atoms with van der Waals surface area (Å²) in [6.45, 7) is 25.7. The van der Waals surface area contributed by atoms with Gasteiger partial charge in [-0.25, -0.2) is 4.89 Å². The van der Waals surface area contributed by atoms with Crippen LogP contribution in [0.3, 0.4) is 0 Å². The van der Waals surface area contributed by atoms with Gasteiger partial charge in [-0.15, -0.1) is 0 Å². The maximum absolute atomic E-state index is 8.83. The lowest BCUT2D eigenvalue weighted by Gasteiger charge is -2.33. The van der Waals surface area contributed by atoms with E-state index in [1.54, 1.807) is 0 Å². The van der Waals surface area contributed by atoms with Gasteiger partial charge in [0.1, 0.15) is 31.0 Å². The molecule has 14 heteroatoms. The van der Waals surface area contributed by atoms with E-state index in [0.29, 0.717) is 25.6 Å². The zero-order chi connectivity index (χ0) is 44.4. The molecule has 0 aliphatic carbocycles. The van der Waals surface area contributed by atoms with E-state index in [9.17, 15) is 0 Å². The number of hydrogen-bond acceptors (Lipinski definition) is 13. The molecule has 2 rings (SSSR count). The molecule has 0 fully saturated rings. The summed E-state index contributed by atoms with van der Waals surface area (Å²) in [6, 6.07) is 9.11. The molecule has 2 N–H and O–H groups in total. The third-order valence-corrected chi connectivity index (χ3v) is 11.6. The Kier molecular flexibility index (Phi) is 25.1. The van der Waals surface area contributed by atoms with Gasteiger partial charge in [-0.05, 0) is 87.1 Å². The fourth-order valence-corrected chi connectivity index (χ4v) is 6.41. The topological polar surface area (TPSA) is 152 Å². The Hall–Kier alpha value is -3.15. The average Bonchev–Trinajstić information content (AvgIpc) is 3.23. The maximum atomic E-state index is 8.83. The summed E-state index contributed by atoms with van der Waals surface area (Å²) in [5, 5.41) is 37.4. The van der Waals surface area contributed by atoms with Gasteiger partial charge in [-0.3, -0.25) is 4.79 Å². The van der Waals surface area contributed by atoms with E-state index in [1.807, 2.05) is 0 Å². The second-order valence-electron chi connectivity index (χ2n) is 17.0. The number of aliphatic hydroxyl groups excluding tert-OH is 1. The van der Waals surface area contributed by atoms with Gasteiger partial charge in [0.15, 0.2) is 6.26 Å². The van der Waals surface area contributed by atoms with Crippen LogP contribution in [0.15, 0.2) is 36.8 Å². The van der Waals surface area contributed by atoms with E-state index < -0.39 is 0 Å². The van der Waals surface area contributed by atoms with Crippen molar-refractivity contribution < 1.29 is 69.2 Å². The third kappa shape index (κ3) is 18.1. The van der Waals surface area contributed by atoms with Crippen LogP contribution < -0.4 is 9.47 Å². The van der Waals surface area contributed by atoms with Gasteiger partial charge >= 0.3 is 0 Å². The molecule has 0 amide bonds. The fraction of sp³-hybridized carbons (Fsp3) is 0.674. The van der Waals surface area contributed by atoms with Crippen LogP contribution in [-0.2, 0) is 66.0 Å². The van der Waals surface area contributed by atoms with E-state index in [0.717, 1.165) is 85.6 Å². The fourth-order valence-electron chi connectivity index (χ4n) is 6.41. The smallest absolute Gasteiger partial charge is 0.281 e. The highest BCUT2D eigenvalue weighted by molar-refractivity contribution is 5.57. The van der Waals surface area contributed by atoms with Crippen LogP contribution in [-0.4, -0.2) is 49.2 Å². The molecule has 0 aliphatic heterocycles. The van der Waals surface area contributed by atoms with Gasteiger partial charge < -0.3 is 24.2 Å². The lowest BCUT2D eigenvalue weighted by atomic mass is 9.73. The minimum absolute atomic E-state index is 0.0574. The predicted molar refractivity (Wildman–Crippen MR) is 228 cm³/mol. The van der Waals surface area contributed by atoms with Crippen LogP contribution in [0.4, 0.5) is 0 Å². The predicted octanol–water partition coefficient (Wildman–Crippen LogP) is 11.2. The van der Waals surface area contributed by atoms with Gasteiger partial charge in [0.2, 0.25) is 0 Å². The van der Waals surface area contributed by atoms with E-state index in [1.165, 1.54) is 42.9 Å². The highest BCUT2D eigenvalue weighted by atomic mass is 17.9. The van der Waals surface area contributed by atoms with Crippen LogP contribution in [0.2, 0.25) is 0 Å². The van der Waals surface area contributed by atoms with E-state index in [2.05, 4.69) is 141 Å². The number of hydrogen-bond donors (Lipinski definition) is 1. The summed E-state index contributed by atoms with van der Waals surface area (Å²) in [6.07, 6.45) is 15.3. The Morgan fingerprint density at radius 2 is 1.17 bits per heavy atom. The molecule has 0 aromatic heterocycles. The van der Waals surface area contributed by atoms with Gasteiger partial charge in [-0.1, -0.05) is 126 Å². The highest BCUT2D eigenvalue weighted by Crippen LogP contribution is 2.47. The van der Waals surface area contributed by atoms with Crippen molar-refractivity contribution in [1.29, 1.82) is 0 Å². The number of carbonyl (C=O) groups excluding carboxylic acids is 1. The highest BCUT2D eigenvalue weighted by Gasteiger charge is 2.32. The van der Waals surface area contributed by atoms with Crippen LogP contribution >= 0.6 is 0 Å². The van der Waals surface area contributed by atoms with Crippen molar-refractivity contribution in [2.75, 3.05) is 33.0 Å². The molecule has 0 aliphatic rings. The van der Waals surface area contributed by atoms with Crippen LogP contribution in [0.5, 0.6) is 11.5 Å². The summed E-state index contributed by atoms with van der Waals surface area (Å²) >= 11 is 0. The summed E-state index contributed by atoms with van der Waals surface area (Å²) in [7, 11) is 0. The Morgan fingerprint density at radius 1 is 0.617 bits per heavy atom. The summed E-state index contributed by atoms with van der Waals surface area (Å²) < 4.78 is 19.2. The SMILES string of the molecule is CCC(C)(C)c1cc(C)c(OCCOCCCCCCCCCC=[OH+])c(C(C)c2cc(C(C)(C)CC)cc(C(C)(C)CC)c2O/C=C/OOOOOOOOOCCO)c1. The van der Waals surface area contributed by atoms with E-state index in [4.69, 9.17) is 29.0 Å². The number of benzene rings is 2. The minimum atomic E-state index is -0.292. The summed E-state index contributed by atoms with van der Waals surface area (Å²) in [4.78, 5) is 18.1. The molecular weight excluding hydrogens is 776 g/mol. The molecule has 60 heavy (non-hydrogen) atoms. The minimum Gasteiger partial charge on any atom is -0.491 e. The number of unbranched alkanes of at least 4 members (excludes halogenated alkanes) is 7. The molecule has 0 heterocycles. The van der Waals surface area contributed by atoms with Crippen LogP contribution in [0, 0.1) is 6.92 Å². The van der Waals surface area contributed by atoms with Crippen molar-refractivity contribution in [2.24, 2.45) is 0 Å². The molecule has 14 nitrogen and oxygen atoms in total. The number of aliphatic hydroxyl groups is 1. The molecular formula is C46H75O14+. The number of rotatable bonds is 35. The van der Waals surface area contributed by atoms with Crippen molar-refractivity contribution in [3.63, 3.8) is 0 Å². The molecule has 2 aromatic carbocycles. The summed E-state index contributed by atoms with van der Waals surface area (Å²) in [5.74, 6) is 1.41. The second kappa shape index (κ2) is 28.5. The number of aldehydes is 1. The molecule has 2 aromatic rings. The third-order valence-electron chi connectivity index (χ3n) is 11.6. The van der Waals surface area contributed by atoms with Crippen molar-refractivity contribution in [2.45, 2.75) is 169 Å². The molecule has 0 radical (unpaired) electrons. The molecule has 0 spiro atoms. The first-order valence-electron chi connectivity index (χ1n) is 21.6. The Bertz CT molecular complexity index is 1520. The quantitative estimate of drug-likeness (QED) is 0.0175. The van der Waals surface area contributed by atoms with Gasteiger partial charge in [0.05, 0.1) is 19.6 Å². The number of aryl methyl sites for hydroxylation is 1. The molecule has 0 bridgehead atoms. The van der Waals surface area contributed by atoms with Gasteiger partial charge in [0, 0.05) is 49.4 Å². The lowest BCUT2D eigenvalue weighted by Crippen LogP contribution is -2.23. The second-order valence-corrected chi connectivity index (χ2v) is 17.0. The molecule has 0 saturated heterocycles. The largest absolute Gasteiger partial charge is 0.491 e. The first-order chi connectivity index (χ1) is 28.7. The zero-order valence-corrected chi connectivity index (χ0v) is 38.2. The van der Waals surface area contributed by atoms with Crippen molar-refractivity contribution in [3.05, 3.63) is 70.2 Å². The maximum Gasteiger partial charge on any atom is 0.281 e. The number of ether oxygens (including phenoxy) is 3. The first kappa shape index (κ1) is 53.0. The van der Waals surface area contributed by atoms with E-state index in [-0.39, 0.29) is 35.4 Å². The lowest BCUT2D eigenvalue weighted by molar-refractivity contribution is -0.829. The Balaban J connectivity index is 2.39. The van der Waals surface area contributed by atoms with E-state index >= 15 is 0 Å². The van der Waals surface area contributed by atoms with Crippen LogP contribution in [0.1, 0.15) is 179 Å². The van der Waals surface area contributed by atoms with Crippen molar-refractivity contribution in [1.82, 2.24) is 0 Å². The zero-order valence-electron chi connectivity index (χ0n) is 38.2. The summed E-state index contributed by atoms with van der Waals surface area (Å²) in [5.41, 5.74) is 6.26. The molecule has 1 atom stereocenters. The van der Waals surface area contributed by atoms with Crippen molar-refractivity contribution in [3.8, 4) is 11.5 Å². The monoisotopic (exact) mass is 852 g/mol. The van der Waals surface area contributed by atoms with Crippen LogP contribution in [0.25, 0.3) is 0 Å². The van der Waals surface area contributed by atoms with Gasteiger partial charge in [-0.2, -0.15) is 0 Å². The van der Waals surface area contributed by atoms with Crippen molar-refractivity contribution >= 4 is 6.29 Å².